The summed E-state index contributed by atoms with van der Waals surface area (Å²) >= 11 is 0. The van der Waals surface area contributed by atoms with Crippen molar-refractivity contribution in [1.29, 1.82) is 0 Å². The smallest absolute Gasteiger partial charge is 0.127 e. The van der Waals surface area contributed by atoms with Gasteiger partial charge in [0.15, 0.2) is 0 Å². The second-order valence-electron chi connectivity index (χ2n) is 2.72. The topological polar surface area (TPSA) is 75.7 Å². The number of ether oxygens (including phenoxy) is 1. The van der Waals surface area contributed by atoms with Crippen LogP contribution in [-0.2, 0) is 0 Å². The minimum absolute atomic E-state index is 0.116. The number of aliphatic hydroxyl groups is 1. The van der Waals surface area contributed by atoms with Crippen molar-refractivity contribution in [2.45, 2.75) is 6.04 Å². The Labute approximate surface area is 76.6 Å². The summed E-state index contributed by atoms with van der Waals surface area (Å²) < 4.78 is 5.00. The van der Waals surface area contributed by atoms with Crippen LogP contribution in [0.3, 0.4) is 0 Å². The molecule has 0 aliphatic heterocycles. The highest BCUT2D eigenvalue weighted by molar-refractivity contribution is 5.41. The van der Waals surface area contributed by atoms with Crippen molar-refractivity contribution in [3.8, 4) is 11.5 Å². The van der Waals surface area contributed by atoms with E-state index in [0.717, 1.165) is 0 Å². The lowest BCUT2D eigenvalue weighted by atomic mass is 10.1. The molecular formula is C9H13NO3. The minimum Gasteiger partial charge on any atom is -0.508 e. The number of hydrogen-bond acceptors (Lipinski definition) is 4. The number of rotatable bonds is 3. The van der Waals surface area contributed by atoms with E-state index < -0.39 is 6.04 Å². The monoisotopic (exact) mass is 183 g/mol. The van der Waals surface area contributed by atoms with Crippen LogP contribution in [0.4, 0.5) is 0 Å². The molecule has 0 aliphatic rings. The molecule has 0 aliphatic carbocycles. The SMILES string of the molecule is COc1cc(O)ccc1C(N)CO. The minimum atomic E-state index is -0.476. The zero-order valence-corrected chi connectivity index (χ0v) is 7.40. The van der Waals surface area contributed by atoms with Crippen LogP contribution >= 0.6 is 0 Å². The van der Waals surface area contributed by atoms with Crippen LogP contribution in [0.5, 0.6) is 11.5 Å². The Bertz CT molecular complexity index is 288. The number of nitrogens with two attached hydrogens (primary N) is 1. The molecule has 0 spiro atoms. The molecule has 4 nitrogen and oxygen atoms in total. The lowest BCUT2D eigenvalue weighted by Crippen LogP contribution is -2.15. The van der Waals surface area contributed by atoms with Gasteiger partial charge in [-0.1, -0.05) is 0 Å². The standard InChI is InChI=1S/C9H13NO3/c1-13-9-4-6(12)2-3-7(9)8(10)5-11/h2-4,8,11-12H,5,10H2,1H3. The van der Waals surface area contributed by atoms with Gasteiger partial charge in [0, 0.05) is 11.6 Å². The number of aliphatic hydroxyl groups excluding tert-OH is 1. The molecule has 0 radical (unpaired) electrons. The van der Waals surface area contributed by atoms with Gasteiger partial charge in [-0.2, -0.15) is 0 Å². The van der Waals surface area contributed by atoms with Gasteiger partial charge in [0.2, 0.25) is 0 Å². The summed E-state index contributed by atoms with van der Waals surface area (Å²) in [5.74, 6) is 0.604. The fourth-order valence-corrected chi connectivity index (χ4v) is 1.10. The molecule has 1 aromatic carbocycles. The van der Waals surface area contributed by atoms with Crippen molar-refractivity contribution in [1.82, 2.24) is 0 Å². The van der Waals surface area contributed by atoms with Crippen molar-refractivity contribution in [3.63, 3.8) is 0 Å². The normalized spacial score (nSPS) is 12.5. The van der Waals surface area contributed by atoms with E-state index in [9.17, 15) is 0 Å². The maximum absolute atomic E-state index is 9.14. The zero-order valence-electron chi connectivity index (χ0n) is 7.40. The van der Waals surface area contributed by atoms with E-state index >= 15 is 0 Å². The molecule has 0 bridgehead atoms. The van der Waals surface area contributed by atoms with Crippen LogP contribution in [0.25, 0.3) is 0 Å². The Morgan fingerprint density at radius 3 is 2.77 bits per heavy atom. The van der Waals surface area contributed by atoms with Gasteiger partial charge in [-0.25, -0.2) is 0 Å². The highest BCUT2D eigenvalue weighted by Crippen LogP contribution is 2.27. The average Bonchev–Trinajstić information content (AvgIpc) is 2.16. The van der Waals surface area contributed by atoms with E-state index in [2.05, 4.69) is 0 Å². The van der Waals surface area contributed by atoms with Crippen LogP contribution in [0.1, 0.15) is 11.6 Å². The summed E-state index contributed by atoms with van der Waals surface area (Å²) in [4.78, 5) is 0. The number of hydrogen-bond donors (Lipinski definition) is 3. The fourth-order valence-electron chi connectivity index (χ4n) is 1.10. The van der Waals surface area contributed by atoms with Crippen molar-refractivity contribution in [2.75, 3.05) is 13.7 Å². The third-order valence-corrected chi connectivity index (χ3v) is 1.81. The van der Waals surface area contributed by atoms with Gasteiger partial charge in [-0.15, -0.1) is 0 Å². The third kappa shape index (κ3) is 2.11. The number of phenolic OH excluding ortho intramolecular Hbond substituents is 1. The third-order valence-electron chi connectivity index (χ3n) is 1.81. The van der Waals surface area contributed by atoms with Crippen LogP contribution in [0.15, 0.2) is 18.2 Å². The van der Waals surface area contributed by atoms with Crippen LogP contribution < -0.4 is 10.5 Å². The van der Waals surface area contributed by atoms with E-state index in [1.165, 1.54) is 19.2 Å². The molecule has 0 amide bonds. The van der Waals surface area contributed by atoms with E-state index in [1.807, 2.05) is 0 Å². The molecule has 0 fully saturated rings. The van der Waals surface area contributed by atoms with Gasteiger partial charge in [-0.05, 0) is 12.1 Å². The molecule has 4 N–H and O–H groups in total. The quantitative estimate of drug-likeness (QED) is 0.633. The van der Waals surface area contributed by atoms with Crippen LogP contribution in [-0.4, -0.2) is 23.9 Å². The molecule has 1 rings (SSSR count). The maximum Gasteiger partial charge on any atom is 0.127 e. The molecule has 0 heterocycles. The Morgan fingerprint density at radius 2 is 2.23 bits per heavy atom. The van der Waals surface area contributed by atoms with Crippen molar-refractivity contribution in [2.24, 2.45) is 5.73 Å². The Morgan fingerprint density at radius 1 is 1.54 bits per heavy atom. The Balaban J connectivity index is 3.05. The van der Waals surface area contributed by atoms with E-state index in [4.69, 9.17) is 20.7 Å². The molecule has 13 heavy (non-hydrogen) atoms. The first-order chi connectivity index (χ1) is 6.19. The van der Waals surface area contributed by atoms with E-state index in [-0.39, 0.29) is 12.4 Å². The summed E-state index contributed by atoms with van der Waals surface area (Å²) in [6, 6.07) is 4.13. The summed E-state index contributed by atoms with van der Waals surface area (Å²) in [6.07, 6.45) is 0. The predicted molar refractivity (Wildman–Crippen MR) is 48.7 cm³/mol. The summed E-state index contributed by atoms with van der Waals surface area (Å²) in [6.45, 7) is -0.152. The molecule has 1 unspecified atom stereocenters. The lowest BCUT2D eigenvalue weighted by molar-refractivity contribution is 0.264. The summed E-state index contributed by atoms with van der Waals surface area (Å²) in [7, 11) is 1.49. The van der Waals surface area contributed by atoms with Crippen molar-refractivity contribution < 1.29 is 14.9 Å². The van der Waals surface area contributed by atoms with Gasteiger partial charge >= 0.3 is 0 Å². The van der Waals surface area contributed by atoms with Gasteiger partial charge in [0.05, 0.1) is 19.8 Å². The zero-order chi connectivity index (χ0) is 9.84. The average molecular weight is 183 g/mol. The largest absolute Gasteiger partial charge is 0.508 e. The fraction of sp³-hybridized carbons (Fsp3) is 0.333. The Hall–Kier alpha value is -1.26. The van der Waals surface area contributed by atoms with Crippen LogP contribution in [0, 0.1) is 0 Å². The number of aromatic hydroxyl groups is 1. The molecule has 1 aromatic rings. The molecule has 0 aromatic heterocycles. The first-order valence-electron chi connectivity index (χ1n) is 3.92. The molecule has 1 atom stereocenters. The molecule has 4 heteroatoms. The summed E-state index contributed by atoms with van der Waals surface area (Å²) in [5.41, 5.74) is 6.29. The molecule has 0 saturated heterocycles. The second-order valence-corrected chi connectivity index (χ2v) is 2.72. The van der Waals surface area contributed by atoms with Crippen molar-refractivity contribution >= 4 is 0 Å². The molecular weight excluding hydrogens is 170 g/mol. The maximum atomic E-state index is 9.14. The lowest BCUT2D eigenvalue weighted by Gasteiger charge is -2.13. The number of benzene rings is 1. The van der Waals surface area contributed by atoms with Gasteiger partial charge < -0.3 is 20.7 Å². The van der Waals surface area contributed by atoms with Gasteiger partial charge in [0.1, 0.15) is 11.5 Å². The highest BCUT2D eigenvalue weighted by Gasteiger charge is 2.10. The van der Waals surface area contributed by atoms with Gasteiger partial charge in [-0.3, -0.25) is 0 Å². The predicted octanol–water partition coefficient (Wildman–Crippen LogP) is 0.393. The number of phenols is 1. The first kappa shape index (κ1) is 9.83. The van der Waals surface area contributed by atoms with E-state index in [1.54, 1.807) is 6.07 Å². The Kier molecular flexibility index (Phi) is 3.11. The summed E-state index contributed by atoms with van der Waals surface area (Å²) in [5, 5.41) is 18.0. The first-order valence-corrected chi connectivity index (χ1v) is 3.92. The van der Waals surface area contributed by atoms with Crippen LogP contribution in [0.2, 0.25) is 0 Å². The number of methoxy groups -OCH3 is 1. The second kappa shape index (κ2) is 4.11. The van der Waals surface area contributed by atoms with Gasteiger partial charge in [0.25, 0.3) is 0 Å². The van der Waals surface area contributed by atoms with E-state index in [0.29, 0.717) is 11.3 Å². The highest BCUT2D eigenvalue weighted by atomic mass is 16.5. The van der Waals surface area contributed by atoms with Crippen molar-refractivity contribution in [3.05, 3.63) is 23.8 Å². The molecule has 0 saturated carbocycles. The molecule has 72 valence electrons.